The van der Waals surface area contributed by atoms with E-state index >= 15 is 0 Å². The summed E-state index contributed by atoms with van der Waals surface area (Å²) in [5.41, 5.74) is 3.02. The van der Waals surface area contributed by atoms with Crippen molar-refractivity contribution in [3.05, 3.63) is 53.5 Å². The van der Waals surface area contributed by atoms with Crippen LogP contribution >= 0.6 is 0 Å². The summed E-state index contributed by atoms with van der Waals surface area (Å²) in [6, 6.07) is 10.3. The SMILES string of the molecule is CN1CCN(c2cc(C(=O)NC3CCCc4ccccc43)ncn2)CC1. The molecule has 0 radical (unpaired) electrons. The van der Waals surface area contributed by atoms with E-state index in [1.807, 2.05) is 12.1 Å². The van der Waals surface area contributed by atoms with E-state index in [0.717, 1.165) is 51.3 Å². The van der Waals surface area contributed by atoms with Crippen molar-refractivity contribution < 1.29 is 4.79 Å². The van der Waals surface area contributed by atoms with Crippen LogP contribution in [-0.2, 0) is 6.42 Å². The number of hydrogen-bond acceptors (Lipinski definition) is 5. The molecule has 1 amide bonds. The summed E-state index contributed by atoms with van der Waals surface area (Å²) < 4.78 is 0. The molecular weight excluding hydrogens is 326 g/mol. The predicted octanol–water partition coefficient (Wildman–Crippen LogP) is 2.04. The van der Waals surface area contributed by atoms with Gasteiger partial charge in [0.05, 0.1) is 6.04 Å². The van der Waals surface area contributed by atoms with Crippen LogP contribution in [0.3, 0.4) is 0 Å². The number of aromatic nitrogens is 2. The Hall–Kier alpha value is -2.47. The monoisotopic (exact) mass is 351 g/mol. The van der Waals surface area contributed by atoms with Crippen LogP contribution in [-0.4, -0.2) is 54.0 Å². The number of fused-ring (bicyclic) bond motifs is 1. The van der Waals surface area contributed by atoms with Gasteiger partial charge in [0.1, 0.15) is 17.8 Å². The van der Waals surface area contributed by atoms with Gasteiger partial charge >= 0.3 is 0 Å². The normalized spacial score (nSPS) is 20.5. The lowest BCUT2D eigenvalue weighted by Crippen LogP contribution is -2.45. The first-order chi connectivity index (χ1) is 12.7. The predicted molar refractivity (Wildman–Crippen MR) is 101 cm³/mol. The summed E-state index contributed by atoms with van der Waals surface area (Å²) in [6.45, 7) is 3.85. The molecule has 1 aromatic carbocycles. The minimum absolute atomic E-state index is 0.0644. The standard InChI is InChI=1S/C20H25N5O/c1-24-9-11-25(12-10-24)19-13-18(21-14-22-19)20(26)23-17-8-4-6-15-5-2-3-7-16(15)17/h2-3,5,7,13-14,17H,4,6,8-12H2,1H3,(H,23,26). The topological polar surface area (TPSA) is 61.4 Å². The van der Waals surface area contributed by atoms with Gasteiger partial charge in [0.2, 0.25) is 0 Å². The molecule has 2 heterocycles. The van der Waals surface area contributed by atoms with Gasteiger partial charge < -0.3 is 15.1 Å². The quantitative estimate of drug-likeness (QED) is 0.917. The molecule has 1 saturated heterocycles. The van der Waals surface area contributed by atoms with Crippen LogP contribution in [0.4, 0.5) is 5.82 Å². The first-order valence-electron chi connectivity index (χ1n) is 9.35. The Bertz CT molecular complexity index is 785. The second-order valence-electron chi connectivity index (χ2n) is 7.17. The fraction of sp³-hybridized carbons (Fsp3) is 0.450. The van der Waals surface area contributed by atoms with Crippen molar-refractivity contribution >= 4 is 11.7 Å². The summed E-state index contributed by atoms with van der Waals surface area (Å²) in [5, 5.41) is 3.17. The number of likely N-dealkylation sites (N-methyl/N-ethyl adjacent to an activating group) is 1. The number of rotatable bonds is 3. The Kier molecular flexibility index (Phi) is 4.84. The van der Waals surface area contributed by atoms with Gasteiger partial charge in [-0.3, -0.25) is 4.79 Å². The third kappa shape index (κ3) is 3.55. The van der Waals surface area contributed by atoms with Crippen molar-refractivity contribution in [3.8, 4) is 0 Å². The first-order valence-corrected chi connectivity index (χ1v) is 9.35. The molecular formula is C20H25N5O. The molecule has 6 nitrogen and oxygen atoms in total. The number of anilines is 1. The van der Waals surface area contributed by atoms with E-state index in [1.54, 1.807) is 0 Å². The minimum atomic E-state index is -0.121. The van der Waals surface area contributed by atoms with E-state index in [-0.39, 0.29) is 11.9 Å². The van der Waals surface area contributed by atoms with Gasteiger partial charge in [-0.15, -0.1) is 0 Å². The van der Waals surface area contributed by atoms with Crippen LogP contribution in [0.15, 0.2) is 36.7 Å². The van der Waals surface area contributed by atoms with Crippen molar-refractivity contribution in [2.45, 2.75) is 25.3 Å². The molecule has 1 N–H and O–H groups in total. The van der Waals surface area contributed by atoms with Gasteiger partial charge in [0.25, 0.3) is 5.91 Å². The molecule has 0 bridgehead atoms. The molecule has 2 aromatic rings. The van der Waals surface area contributed by atoms with E-state index in [0.29, 0.717) is 5.69 Å². The van der Waals surface area contributed by atoms with Crippen molar-refractivity contribution in [2.24, 2.45) is 0 Å². The Labute approximate surface area is 154 Å². The Morgan fingerprint density at radius 2 is 1.96 bits per heavy atom. The lowest BCUT2D eigenvalue weighted by Gasteiger charge is -2.33. The Morgan fingerprint density at radius 3 is 2.81 bits per heavy atom. The lowest BCUT2D eigenvalue weighted by molar-refractivity contribution is 0.0927. The Balaban J connectivity index is 1.48. The number of hydrogen-bond donors (Lipinski definition) is 1. The highest BCUT2D eigenvalue weighted by Crippen LogP contribution is 2.29. The van der Waals surface area contributed by atoms with Gasteiger partial charge in [-0.1, -0.05) is 24.3 Å². The fourth-order valence-electron chi connectivity index (χ4n) is 3.82. The van der Waals surface area contributed by atoms with Crippen LogP contribution in [0.25, 0.3) is 0 Å². The summed E-state index contributed by atoms with van der Waals surface area (Å²) >= 11 is 0. The first kappa shape index (κ1) is 17.0. The molecule has 4 rings (SSSR count). The van der Waals surface area contributed by atoms with Gasteiger partial charge in [-0.05, 0) is 37.4 Å². The van der Waals surface area contributed by atoms with E-state index in [4.69, 9.17) is 0 Å². The number of benzene rings is 1. The van der Waals surface area contributed by atoms with Crippen LogP contribution < -0.4 is 10.2 Å². The molecule has 1 fully saturated rings. The molecule has 1 aliphatic carbocycles. The third-order valence-corrected chi connectivity index (χ3v) is 5.39. The van der Waals surface area contributed by atoms with E-state index < -0.39 is 0 Å². The minimum Gasteiger partial charge on any atom is -0.354 e. The number of aryl methyl sites for hydroxylation is 1. The molecule has 26 heavy (non-hydrogen) atoms. The fourth-order valence-corrected chi connectivity index (χ4v) is 3.82. The largest absolute Gasteiger partial charge is 0.354 e. The molecule has 6 heteroatoms. The second kappa shape index (κ2) is 7.41. The third-order valence-electron chi connectivity index (χ3n) is 5.39. The average molecular weight is 351 g/mol. The zero-order valence-corrected chi connectivity index (χ0v) is 15.2. The number of piperazine rings is 1. The van der Waals surface area contributed by atoms with Crippen molar-refractivity contribution in [1.29, 1.82) is 0 Å². The van der Waals surface area contributed by atoms with Gasteiger partial charge in [0, 0.05) is 32.2 Å². The highest BCUT2D eigenvalue weighted by molar-refractivity contribution is 5.93. The zero-order chi connectivity index (χ0) is 17.9. The highest BCUT2D eigenvalue weighted by atomic mass is 16.1. The molecule has 1 atom stereocenters. The number of nitrogens with zero attached hydrogens (tertiary/aromatic N) is 4. The van der Waals surface area contributed by atoms with Gasteiger partial charge in [-0.25, -0.2) is 9.97 Å². The maximum absolute atomic E-state index is 12.8. The average Bonchev–Trinajstić information content (AvgIpc) is 2.69. The van der Waals surface area contributed by atoms with Crippen LogP contribution in [0.2, 0.25) is 0 Å². The van der Waals surface area contributed by atoms with Crippen LogP contribution in [0.5, 0.6) is 0 Å². The van der Waals surface area contributed by atoms with E-state index in [9.17, 15) is 4.79 Å². The highest BCUT2D eigenvalue weighted by Gasteiger charge is 2.23. The van der Waals surface area contributed by atoms with E-state index in [2.05, 4.69) is 50.3 Å². The molecule has 1 aliphatic heterocycles. The molecule has 1 unspecified atom stereocenters. The maximum Gasteiger partial charge on any atom is 0.270 e. The van der Waals surface area contributed by atoms with Gasteiger partial charge in [-0.2, -0.15) is 0 Å². The second-order valence-corrected chi connectivity index (χ2v) is 7.17. The molecule has 1 aromatic heterocycles. The summed E-state index contributed by atoms with van der Waals surface area (Å²) in [4.78, 5) is 25.9. The van der Waals surface area contributed by atoms with Gasteiger partial charge in [0.15, 0.2) is 0 Å². The lowest BCUT2D eigenvalue weighted by atomic mass is 9.87. The van der Waals surface area contributed by atoms with Crippen LogP contribution in [0, 0.1) is 0 Å². The molecule has 2 aliphatic rings. The summed E-state index contributed by atoms with van der Waals surface area (Å²) in [5.74, 6) is 0.715. The number of nitrogens with one attached hydrogen (secondary N) is 1. The van der Waals surface area contributed by atoms with Crippen molar-refractivity contribution in [2.75, 3.05) is 38.1 Å². The van der Waals surface area contributed by atoms with Crippen molar-refractivity contribution in [1.82, 2.24) is 20.2 Å². The van der Waals surface area contributed by atoms with Crippen LogP contribution in [0.1, 0.15) is 40.5 Å². The smallest absolute Gasteiger partial charge is 0.270 e. The number of carbonyl (C=O) groups excluding carboxylic acids is 1. The zero-order valence-electron chi connectivity index (χ0n) is 15.2. The van der Waals surface area contributed by atoms with E-state index in [1.165, 1.54) is 17.5 Å². The number of amides is 1. The molecule has 136 valence electrons. The molecule has 0 saturated carbocycles. The molecule has 0 spiro atoms. The summed E-state index contributed by atoms with van der Waals surface area (Å²) in [6.07, 6.45) is 4.65. The maximum atomic E-state index is 12.8. The number of carbonyl (C=O) groups is 1. The summed E-state index contributed by atoms with van der Waals surface area (Å²) in [7, 11) is 2.12. The Morgan fingerprint density at radius 1 is 1.15 bits per heavy atom. The van der Waals surface area contributed by atoms with Crippen molar-refractivity contribution in [3.63, 3.8) is 0 Å².